The molecule has 0 saturated carbocycles. The third-order valence-electron chi connectivity index (χ3n) is 3.35. The van der Waals surface area contributed by atoms with Gasteiger partial charge in [-0.2, -0.15) is 0 Å². The monoisotopic (exact) mass is 261 g/mol. The van der Waals surface area contributed by atoms with Crippen LogP contribution in [0.25, 0.3) is 0 Å². The van der Waals surface area contributed by atoms with Gasteiger partial charge in [-0.15, -0.1) is 0 Å². The number of nitrogens with one attached hydrogen (secondary N) is 2. The van der Waals surface area contributed by atoms with E-state index in [9.17, 15) is 9.59 Å². The summed E-state index contributed by atoms with van der Waals surface area (Å²) in [7, 11) is 0. The van der Waals surface area contributed by atoms with Crippen molar-refractivity contribution < 1.29 is 9.59 Å². The maximum atomic E-state index is 11.3. The Morgan fingerprint density at radius 1 is 1.32 bits per heavy atom. The molecule has 1 aliphatic heterocycles. The van der Waals surface area contributed by atoms with Crippen LogP contribution >= 0.6 is 0 Å². The zero-order valence-electron chi connectivity index (χ0n) is 10.9. The molecule has 19 heavy (non-hydrogen) atoms. The molecule has 5 nitrogen and oxygen atoms in total. The van der Waals surface area contributed by atoms with Crippen molar-refractivity contribution in [3.8, 4) is 0 Å². The van der Waals surface area contributed by atoms with Gasteiger partial charge in [0.2, 0.25) is 11.8 Å². The summed E-state index contributed by atoms with van der Waals surface area (Å²) in [6.45, 7) is 0. The lowest BCUT2D eigenvalue weighted by molar-refractivity contribution is -0.121. The van der Waals surface area contributed by atoms with Gasteiger partial charge in [0.1, 0.15) is 0 Å². The summed E-state index contributed by atoms with van der Waals surface area (Å²) < 4.78 is 0. The van der Waals surface area contributed by atoms with Crippen LogP contribution in [0.3, 0.4) is 0 Å². The van der Waals surface area contributed by atoms with Crippen molar-refractivity contribution in [1.82, 2.24) is 5.43 Å². The summed E-state index contributed by atoms with van der Waals surface area (Å²) in [6.07, 6.45) is 4.57. The van der Waals surface area contributed by atoms with Crippen molar-refractivity contribution in [3.63, 3.8) is 0 Å². The first kappa shape index (κ1) is 13.5. The van der Waals surface area contributed by atoms with E-state index in [2.05, 4.69) is 16.8 Å². The van der Waals surface area contributed by atoms with Crippen LogP contribution in [0.15, 0.2) is 18.2 Å². The molecule has 2 amide bonds. The van der Waals surface area contributed by atoms with Crippen molar-refractivity contribution in [2.45, 2.75) is 38.5 Å². The number of hydrazine groups is 1. The molecule has 1 aromatic rings. The van der Waals surface area contributed by atoms with E-state index in [1.165, 1.54) is 11.1 Å². The molecule has 0 bridgehead atoms. The maximum Gasteiger partial charge on any atom is 0.233 e. The molecule has 0 aromatic heterocycles. The SMILES string of the molecule is NNC(=O)CCCCc1ccc2c(c1)CCC(=O)N2. The molecule has 0 spiro atoms. The fourth-order valence-electron chi connectivity index (χ4n) is 2.28. The molecule has 5 heteroatoms. The summed E-state index contributed by atoms with van der Waals surface area (Å²) in [6, 6.07) is 6.15. The first-order chi connectivity index (χ1) is 9.19. The minimum absolute atomic E-state index is 0.0908. The van der Waals surface area contributed by atoms with E-state index in [-0.39, 0.29) is 11.8 Å². The van der Waals surface area contributed by atoms with E-state index in [4.69, 9.17) is 5.84 Å². The van der Waals surface area contributed by atoms with Crippen molar-refractivity contribution in [2.75, 3.05) is 5.32 Å². The van der Waals surface area contributed by atoms with Crippen molar-refractivity contribution in [2.24, 2.45) is 5.84 Å². The zero-order valence-corrected chi connectivity index (χ0v) is 10.9. The second kappa shape index (κ2) is 6.33. The van der Waals surface area contributed by atoms with Gasteiger partial charge in [0, 0.05) is 18.5 Å². The number of nitrogens with two attached hydrogens (primary N) is 1. The van der Waals surface area contributed by atoms with Crippen LogP contribution in [0.2, 0.25) is 0 Å². The van der Waals surface area contributed by atoms with Gasteiger partial charge >= 0.3 is 0 Å². The van der Waals surface area contributed by atoms with Crippen molar-refractivity contribution in [1.29, 1.82) is 0 Å². The predicted octanol–water partition coefficient (Wildman–Crippen LogP) is 1.27. The molecule has 0 saturated heterocycles. The fraction of sp³-hybridized carbons (Fsp3) is 0.429. The molecule has 2 rings (SSSR count). The molecule has 1 aromatic carbocycles. The largest absolute Gasteiger partial charge is 0.326 e. The van der Waals surface area contributed by atoms with Crippen LogP contribution < -0.4 is 16.6 Å². The number of fused-ring (bicyclic) bond motifs is 1. The average Bonchev–Trinajstić information content (AvgIpc) is 2.43. The van der Waals surface area contributed by atoms with Gasteiger partial charge in [-0.1, -0.05) is 12.1 Å². The Balaban J connectivity index is 1.85. The lowest BCUT2D eigenvalue weighted by atomic mass is 9.98. The van der Waals surface area contributed by atoms with E-state index in [0.29, 0.717) is 12.8 Å². The van der Waals surface area contributed by atoms with Gasteiger partial charge in [-0.25, -0.2) is 5.84 Å². The second-order valence-corrected chi connectivity index (χ2v) is 4.81. The molecule has 0 radical (unpaired) electrons. The average molecular weight is 261 g/mol. The number of carbonyl (C=O) groups excluding carboxylic acids is 2. The molecule has 0 unspecified atom stereocenters. The Labute approximate surface area is 112 Å². The highest BCUT2D eigenvalue weighted by Gasteiger charge is 2.14. The number of hydrogen-bond acceptors (Lipinski definition) is 3. The van der Waals surface area contributed by atoms with Crippen LogP contribution in [0, 0.1) is 0 Å². The Hall–Kier alpha value is -1.88. The molecule has 4 N–H and O–H groups in total. The van der Waals surface area contributed by atoms with Crippen LogP contribution in [-0.2, 0) is 22.4 Å². The predicted molar refractivity (Wildman–Crippen MR) is 73.3 cm³/mol. The summed E-state index contributed by atoms with van der Waals surface area (Å²) in [5.41, 5.74) is 5.52. The Morgan fingerprint density at radius 3 is 2.95 bits per heavy atom. The Morgan fingerprint density at radius 2 is 2.16 bits per heavy atom. The molecular weight excluding hydrogens is 242 g/mol. The standard InChI is InChI=1S/C14H19N3O2/c15-17-14(19)4-2-1-3-10-5-7-12-11(9-10)6-8-13(18)16-12/h5,7,9H,1-4,6,8,15H2,(H,16,18)(H,17,19). The van der Waals surface area contributed by atoms with Crippen molar-refractivity contribution >= 4 is 17.5 Å². The quantitative estimate of drug-likeness (QED) is 0.323. The number of benzene rings is 1. The number of amides is 2. The molecule has 0 aliphatic carbocycles. The molecule has 1 aliphatic rings. The fourth-order valence-corrected chi connectivity index (χ4v) is 2.28. The number of rotatable bonds is 5. The van der Waals surface area contributed by atoms with Gasteiger partial charge in [0.15, 0.2) is 0 Å². The van der Waals surface area contributed by atoms with Gasteiger partial charge in [-0.05, 0) is 42.9 Å². The zero-order chi connectivity index (χ0) is 13.7. The minimum Gasteiger partial charge on any atom is -0.326 e. The number of anilines is 1. The maximum absolute atomic E-state index is 11.3. The summed E-state index contributed by atoms with van der Waals surface area (Å²) in [5, 5.41) is 2.87. The van der Waals surface area contributed by atoms with Crippen LogP contribution in [-0.4, -0.2) is 11.8 Å². The number of carbonyl (C=O) groups is 2. The van der Waals surface area contributed by atoms with Crippen molar-refractivity contribution in [3.05, 3.63) is 29.3 Å². The van der Waals surface area contributed by atoms with E-state index in [1.807, 2.05) is 12.1 Å². The van der Waals surface area contributed by atoms with Crippen LogP contribution in [0.4, 0.5) is 5.69 Å². The van der Waals surface area contributed by atoms with Gasteiger partial charge < -0.3 is 5.32 Å². The highest BCUT2D eigenvalue weighted by Crippen LogP contribution is 2.24. The van der Waals surface area contributed by atoms with Gasteiger partial charge in [-0.3, -0.25) is 15.0 Å². The molecular formula is C14H19N3O2. The van der Waals surface area contributed by atoms with E-state index < -0.39 is 0 Å². The highest BCUT2D eigenvalue weighted by atomic mass is 16.2. The van der Waals surface area contributed by atoms with E-state index in [1.54, 1.807) is 0 Å². The third-order valence-corrected chi connectivity index (χ3v) is 3.35. The Bertz CT molecular complexity index is 486. The van der Waals surface area contributed by atoms with Gasteiger partial charge in [0.25, 0.3) is 0 Å². The lowest BCUT2D eigenvalue weighted by Gasteiger charge is -2.17. The number of aryl methyl sites for hydroxylation is 2. The van der Waals surface area contributed by atoms with Crippen LogP contribution in [0.5, 0.6) is 0 Å². The number of unbranched alkanes of at least 4 members (excludes halogenated alkanes) is 1. The highest BCUT2D eigenvalue weighted by molar-refractivity contribution is 5.93. The summed E-state index contributed by atoms with van der Waals surface area (Å²) in [5.74, 6) is 4.99. The smallest absolute Gasteiger partial charge is 0.233 e. The second-order valence-electron chi connectivity index (χ2n) is 4.81. The molecule has 0 atom stereocenters. The molecule has 1 heterocycles. The molecule has 102 valence electrons. The van der Waals surface area contributed by atoms with E-state index in [0.717, 1.165) is 31.4 Å². The third kappa shape index (κ3) is 3.79. The normalized spacial score (nSPS) is 13.6. The number of hydrogen-bond donors (Lipinski definition) is 3. The Kier molecular flexibility index (Phi) is 4.52. The summed E-state index contributed by atoms with van der Waals surface area (Å²) in [4.78, 5) is 22.2. The van der Waals surface area contributed by atoms with Gasteiger partial charge in [0.05, 0.1) is 0 Å². The van der Waals surface area contributed by atoms with Crippen LogP contribution in [0.1, 0.15) is 36.8 Å². The first-order valence-corrected chi connectivity index (χ1v) is 6.60. The summed E-state index contributed by atoms with van der Waals surface area (Å²) >= 11 is 0. The first-order valence-electron chi connectivity index (χ1n) is 6.60. The van der Waals surface area contributed by atoms with E-state index >= 15 is 0 Å². The minimum atomic E-state index is -0.117. The molecule has 0 fully saturated rings. The topological polar surface area (TPSA) is 84.2 Å². The lowest BCUT2D eigenvalue weighted by Crippen LogP contribution is -2.29.